The highest BCUT2D eigenvalue weighted by atomic mass is 32.1. The standard InChI is InChI=1S/C11H18OSSi/c1-11(2,3)14(4,5)10-8-6-7-9(12)13-10/h6-8H,1-5H3. The van der Waals surface area contributed by atoms with Crippen LogP contribution in [-0.2, 0) is 0 Å². The molecular weight excluding hydrogens is 208 g/mol. The third kappa shape index (κ3) is 2.15. The van der Waals surface area contributed by atoms with E-state index in [0.29, 0.717) is 5.04 Å². The van der Waals surface area contributed by atoms with Gasteiger partial charge in [0.15, 0.2) is 0 Å². The van der Waals surface area contributed by atoms with Gasteiger partial charge in [-0.1, -0.05) is 46.0 Å². The molecule has 78 valence electrons. The molecule has 14 heavy (non-hydrogen) atoms. The van der Waals surface area contributed by atoms with E-state index in [4.69, 9.17) is 0 Å². The Hall–Kier alpha value is -0.413. The molecule has 0 fully saturated rings. The Morgan fingerprint density at radius 2 is 1.79 bits per heavy atom. The van der Waals surface area contributed by atoms with Crippen LogP contribution in [-0.4, -0.2) is 8.07 Å². The molecule has 0 aliphatic carbocycles. The molecule has 0 bridgehead atoms. The first-order valence-electron chi connectivity index (χ1n) is 4.86. The average Bonchev–Trinajstić information content (AvgIpc) is 2.02. The van der Waals surface area contributed by atoms with Crippen molar-refractivity contribution in [1.82, 2.24) is 0 Å². The summed E-state index contributed by atoms with van der Waals surface area (Å²) in [5.74, 6) is 0. The summed E-state index contributed by atoms with van der Waals surface area (Å²) in [4.78, 5) is 11.3. The molecule has 0 radical (unpaired) electrons. The number of hydrogen-bond acceptors (Lipinski definition) is 2. The summed E-state index contributed by atoms with van der Waals surface area (Å²) in [6, 6.07) is 5.64. The zero-order valence-electron chi connectivity index (χ0n) is 9.55. The van der Waals surface area contributed by atoms with Crippen molar-refractivity contribution < 1.29 is 0 Å². The van der Waals surface area contributed by atoms with Gasteiger partial charge >= 0.3 is 0 Å². The van der Waals surface area contributed by atoms with Crippen molar-refractivity contribution >= 4 is 23.9 Å². The lowest BCUT2D eigenvalue weighted by atomic mass is 10.2. The third-order valence-corrected chi connectivity index (χ3v) is 10.9. The molecule has 1 rings (SSSR count). The van der Waals surface area contributed by atoms with E-state index in [0.717, 1.165) is 0 Å². The minimum Gasteiger partial charge on any atom is -0.278 e. The van der Waals surface area contributed by atoms with Gasteiger partial charge in [0.25, 0.3) is 0 Å². The average molecular weight is 226 g/mol. The molecule has 0 aliphatic heterocycles. The van der Waals surface area contributed by atoms with Gasteiger partial charge in [0.2, 0.25) is 4.74 Å². The first kappa shape index (κ1) is 11.7. The summed E-state index contributed by atoms with van der Waals surface area (Å²) in [5.41, 5.74) is 0. The zero-order chi connectivity index (χ0) is 11.0. The fourth-order valence-electron chi connectivity index (χ4n) is 1.10. The summed E-state index contributed by atoms with van der Waals surface area (Å²) in [6.07, 6.45) is 0. The monoisotopic (exact) mass is 226 g/mol. The maximum Gasteiger partial charge on any atom is 0.232 e. The molecule has 0 aromatic carbocycles. The SMILES string of the molecule is CC(C)(C)[Si](C)(C)c1cccc(=O)s1. The van der Waals surface area contributed by atoms with Crippen molar-refractivity contribution in [3.8, 4) is 0 Å². The smallest absolute Gasteiger partial charge is 0.232 e. The Labute approximate surface area is 90.8 Å². The topological polar surface area (TPSA) is 17.1 Å². The van der Waals surface area contributed by atoms with Gasteiger partial charge in [-0.2, -0.15) is 0 Å². The van der Waals surface area contributed by atoms with Crippen LogP contribution in [0.25, 0.3) is 0 Å². The van der Waals surface area contributed by atoms with Crippen molar-refractivity contribution in [3.63, 3.8) is 0 Å². The Balaban J connectivity index is 3.23. The maximum absolute atomic E-state index is 11.3. The van der Waals surface area contributed by atoms with Crippen LogP contribution in [0.3, 0.4) is 0 Å². The summed E-state index contributed by atoms with van der Waals surface area (Å²) < 4.78 is 1.48. The van der Waals surface area contributed by atoms with Gasteiger partial charge < -0.3 is 0 Å². The molecule has 0 N–H and O–H groups in total. The summed E-state index contributed by atoms with van der Waals surface area (Å²) in [6.45, 7) is 11.5. The van der Waals surface area contributed by atoms with Crippen LogP contribution in [0, 0.1) is 0 Å². The second kappa shape index (κ2) is 3.63. The van der Waals surface area contributed by atoms with E-state index in [9.17, 15) is 4.79 Å². The van der Waals surface area contributed by atoms with E-state index in [2.05, 4.69) is 39.9 Å². The molecular formula is C11H18OSSi. The normalized spacial score (nSPS) is 12.9. The quantitative estimate of drug-likeness (QED) is 0.673. The van der Waals surface area contributed by atoms with Crippen LogP contribution < -0.4 is 9.24 Å². The van der Waals surface area contributed by atoms with Crippen LogP contribution in [0.4, 0.5) is 0 Å². The molecule has 0 aliphatic rings. The van der Waals surface area contributed by atoms with Crippen molar-refractivity contribution in [2.75, 3.05) is 0 Å². The van der Waals surface area contributed by atoms with E-state index in [1.165, 1.54) is 15.8 Å². The van der Waals surface area contributed by atoms with E-state index in [1.807, 2.05) is 6.07 Å². The molecule has 1 aromatic heterocycles. The Bertz CT molecular complexity index is 373. The lowest BCUT2D eigenvalue weighted by Crippen LogP contribution is -2.48. The summed E-state index contributed by atoms with van der Waals surface area (Å²) in [7, 11) is -1.49. The van der Waals surface area contributed by atoms with E-state index in [1.54, 1.807) is 6.07 Å². The molecule has 3 heteroatoms. The highest BCUT2D eigenvalue weighted by Gasteiger charge is 2.37. The maximum atomic E-state index is 11.3. The predicted molar refractivity (Wildman–Crippen MR) is 67.4 cm³/mol. The van der Waals surface area contributed by atoms with Crippen LogP contribution in [0.2, 0.25) is 18.1 Å². The van der Waals surface area contributed by atoms with Gasteiger partial charge in [-0.3, -0.25) is 4.79 Å². The van der Waals surface area contributed by atoms with Crippen molar-refractivity contribution in [2.45, 2.75) is 38.9 Å². The lowest BCUT2D eigenvalue weighted by Gasteiger charge is -2.36. The molecule has 1 heterocycles. The minimum atomic E-state index is -1.49. The van der Waals surface area contributed by atoms with Crippen LogP contribution >= 0.6 is 11.3 Å². The molecule has 0 saturated carbocycles. The van der Waals surface area contributed by atoms with Crippen molar-refractivity contribution in [2.24, 2.45) is 0 Å². The lowest BCUT2D eigenvalue weighted by molar-refractivity contribution is 0.730. The van der Waals surface area contributed by atoms with E-state index < -0.39 is 8.07 Å². The minimum absolute atomic E-state index is 0.173. The zero-order valence-corrected chi connectivity index (χ0v) is 11.4. The molecule has 0 amide bonds. The molecule has 1 aromatic rings. The Morgan fingerprint density at radius 1 is 1.21 bits per heavy atom. The summed E-state index contributed by atoms with van der Waals surface area (Å²) in [5, 5.41) is 0.303. The number of rotatable bonds is 1. The van der Waals surface area contributed by atoms with Gasteiger partial charge in [-0.15, -0.1) is 11.3 Å². The molecule has 0 saturated heterocycles. The van der Waals surface area contributed by atoms with E-state index in [-0.39, 0.29) is 4.74 Å². The van der Waals surface area contributed by atoms with Gasteiger partial charge in [-0.25, -0.2) is 0 Å². The highest BCUT2D eigenvalue weighted by molar-refractivity contribution is 7.25. The fourth-order valence-corrected chi connectivity index (χ4v) is 5.10. The fraction of sp³-hybridized carbons (Fsp3) is 0.545. The van der Waals surface area contributed by atoms with Crippen LogP contribution in [0.5, 0.6) is 0 Å². The highest BCUT2D eigenvalue weighted by Crippen LogP contribution is 2.35. The van der Waals surface area contributed by atoms with E-state index >= 15 is 0 Å². The number of hydrogen-bond donors (Lipinski definition) is 0. The van der Waals surface area contributed by atoms with Gasteiger partial charge in [0, 0.05) is 0 Å². The Kier molecular flexibility index (Phi) is 3.02. The molecule has 0 atom stereocenters. The summed E-state index contributed by atoms with van der Waals surface area (Å²) >= 11 is 1.42. The second-order valence-corrected chi connectivity index (χ2v) is 11.9. The molecule has 0 spiro atoms. The van der Waals surface area contributed by atoms with Crippen LogP contribution in [0.15, 0.2) is 23.0 Å². The first-order valence-corrected chi connectivity index (χ1v) is 8.67. The Morgan fingerprint density at radius 3 is 2.21 bits per heavy atom. The third-order valence-electron chi connectivity index (χ3n) is 3.18. The molecule has 0 unspecified atom stereocenters. The van der Waals surface area contributed by atoms with Gasteiger partial charge in [-0.05, 0) is 15.6 Å². The largest absolute Gasteiger partial charge is 0.278 e. The van der Waals surface area contributed by atoms with Gasteiger partial charge in [0.05, 0.1) is 8.07 Å². The van der Waals surface area contributed by atoms with Crippen LogP contribution in [0.1, 0.15) is 20.8 Å². The first-order chi connectivity index (χ1) is 6.25. The van der Waals surface area contributed by atoms with Crippen molar-refractivity contribution in [3.05, 3.63) is 27.7 Å². The predicted octanol–water partition coefficient (Wildman–Crippen LogP) is 2.82. The molecule has 1 nitrogen and oxygen atoms in total. The van der Waals surface area contributed by atoms with Gasteiger partial charge in [0.1, 0.15) is 0 Å². The van der Waals surface area contributed by atoms with Crippen molar-refractivity contribution in [1.29, 1.82) is 0 Å². The second-order valence-electron chi connectivity index (χ2n) is 5.19.